The van der Waals surface area contributed by atoms with Gasteiger partial charge in [0.05, 0.1) is 6.54 Å². The Morgan fingerprint density at radius 2 is 1.95 bits per heavy atom. The van der Waals surface area contributed by atoms with E-state index >= 15 is 0 Å². The molecule has 2 fully saturated rings. The fraction of sp³-hybridized carbons (Fsp3) is 0.357. The van der Waals surface area contributed by atoms with E-state index in [2.05, 4.69) is 15.9 Å². The van der Waals surface area contributed by atoms with Crippen LogP contribution in [0, 0.1) is 0 Å². The van der Waals surface area contributed by atoms with E-state index in [0.29, 0.717) is 18.5 Å². The Bertz CT molecular complexity index is 563. The molecule has 0 saturated carbocycles. The van der Waals surface area contributed by atoms with Gasteiger partial charge in [-0.3, -0.25) is 14.5 Å². The van der Waals surface area contributed by atoms with Crippen LogP contribution in [0.1, 0.15) is 23.2 Å². The summed E-state index contributed by atoms with van der Waals surface area (Å²) in [5, 5.41) is 0. The highest BCUT2D eigenvalue weighted by Crippen LogP contribution is 2.27. The summed E-state index contributed by atoms with van der Waals surface area (Å²) in [7, 11) is 0. The molecule has 5 nitrogen and oxygen atoms in total. The third-order valence-electron chi connectivity index (χ3n) is 3.75. The average molecular weight is 337 g/mol. The van der Waals surface area contributed by atoms with Gasteiger partial charge in [-0.1, -0.05) is 28.1 Å². The molecule has 2 aliphatic heterocycles. The molecule has 0 bridgehead atoms. The molecular weight excluding hydrogens is 324 g/mol. The van der Waals surface area contributed by atoms with Crippen molar-refractivity contribution in [2.24, 2.45) is 0 Å². The van der Waals surface area contributed by atoms with E-state index in [0.717, 1.165) is 15.8 Å². The zero-order valence-corrected chi connectivity index (χ0v) is 12.3. The van der Waals surface area contributed by atoms with Crippen LogP contribution in [0.25, 0.3) is 0 Å². The number of nitrogens with zero attached hydrogens (tertiary/aromatic N) is 2. The predicted molar refractivity (Wildman–Crippen MR) is 75.3 cm³/mol. The summed E-state index contributed by atoms with van der Waals surface area (Å²) >= 11 is 3.30. The van der Waals surface area contributed by atoms with Crippen LogP contribution in [0.2, 0.25) is 0 Å². The third kappa shape index (κ3) is 2.14. The molecule has 0 N–H and O–H groups in total. The van der Waals surface area contributed by atoms with Crippen molar-refractivity contribution in [1.29, 1.82) is 0 Å². The maximum Gasteiger partial charge on any atom is 0.327 e. The molecule has 104 valence electrons. The minimum atomic E-state index is -0.347. The maximum atomic E-state index is 12.1. The first-order valence-electron chi connectivity index (χ1n) is 6.48. The van der Waals surface area contributed by atoms with Gasteiger partial charge < -0.3 is 4.90 Å². The molecule has 2 saturated heterocycles. The number of benzene rings is 1. The van der Waals surface area contributed by atoms with Crippen LogP contribution in [0.15, 0.2) is 28.7 Å². The number of rotatable bonds is 3. The number of imide groups is 1. The summed E-state index contributed by atoms with van der Waals surface area (Å²) in [5.74, 6) is -0.460. The Morgan fingerprint density at radius 3 is 2.60 bits per heavy atom. The number of halogens is 1. The minimum absolute atomic E-state index is 0.174. The SMILES string of the molecule is O=C(CN1C(=O)C2CCCN2C1=O)c1ccc(Br)cc1. The number of urea groups is 1. The molecule has 0 aliphatic carbocycles. The second kappa shape index (κ2) is 5.01. The fourth-order valence-electron chi connectivity index (χ4n) is 2.70. The Labute approximate surface area is 124 Å². The smallest absolute Gasteiger partial charge is 0.312 e. The second-order valence-corrected chi connectivity index (χ2v) is 5.90. The zero-order chi connectivity index (χ0) is 14.3. The summed E-state index contributed by atoms with van der Waals surface area (Å²) in [5.41, 5.74) is 0.501. The van der Waals surface area contributed by atoms with Gasteiger partial charge in [0, 0.05) is 16.6 Å². The molecule has 1 aromatic carbocycles. The van der Waals surface area contributed by atoms with E-state index in [4.69, 9.17) is 0 Å². The van der Waals surface area contributed by atoms with Crippen molar-refractivity contribution in [2.45, 2.75) is 18.9 Å². The van der Waals surface area contributed by atoms with Gasteiger partial charge in [-0.05, 0) is 25.0 Å². The highest BCUT2D eigenvalue weighted by atomic mass is 79.9. The van der Waals surface area contributed by atoms with Crippen LogP contribution >= 0.6 is 15.9 Å². The van der Waals surface area contributed by atoms with Crippen molar-refractivity contribution in [2.75, 3.05) is 13.1 Å². The lowest BCUT2D eigenvalue weighted by molar-refractivity contribution is -0.127. The highest BCUT2D eigenvalue weighted by molar-refractivity contribution is 9.10. The van der Waals surface area contributed by atoms with E-state index in [-0.39, 0.29) is 30.3 Å². The summed E-state index contributed by atoms with van der Waals surface area (Å²) in [4.78, 5) is 39.0. The van der Waals surface area contributed by atoms with E-state index in [1.165, 1.54) is 0 Å². The van der Waals surface area contributed by atoms with Gasteiger partial charge in [-0.2, -0.15) is 0 Å². The number of hydrogen-bond acceptors (Lipinski definition) is 3. The number of carbonyl (C=O) groups excluding carboxylic acids is 3. The highest BCUT2D eigenvalue weighted by Gasteiger charge is 2.47. The van der Waals surface area contributed by atoms with Gasteiger partial charge in [-0.25, -0.2) is 4.79 Å². The molecule has 3 amide bonds. The lowest BCUT2D eigenvalue weighted by Gasteiger charge is -2.14. The van der Waals surface area contributed by atoms with Crippen molar-refractivity contribution in [1.82, 2.24) is 9.80 Å². The number of hydrogen-bond donors (Lipinski definition) is 0. The van der Waals surface area contributed by atoms with Crippen LogP contribution < -0.4 is 0 Å². The Morgan fingerprint density at radius 1 is 1.25 bits per heavy atom. The van der Waals surface area contributed by atoms with Gasteiger partial charge in [-0.15, -0.1) is 0 Å². The van der Waals surface area contributed by atoms with Crippen molar-refractivity contribution in [3.8, 4) is 0 Å². The molecule has 0 radical (unpaired) electrons. The Balaban J connectivity index is 1.75. The van der Waals surface area contributed by atoms with E-state index in [9.17, 15) is 14.4 Å². The zero-order valence-electron chi connectivity index (χ0n) is 10.7. The largest absolute Gasteiger partial charge is 0.327 e. The van der Waals surface area contributed by atoms with Crippen molar-refractivity contribution < 1.29 is 14.4 Å². The molecule has 6 heteroatoms. The van der Waals surface area contributed by atoms with Gasteiger partial charge in [0.2, 0.25) is 0 Å². The second-order valence-electron chi connectivity index (χ2n) is 4.99. The Kier molecular flexibility index (Phi) is 3.33. The van der Waals surface area contributed by atoms with Crippen LogP contribution in [0.4, 0.5) is 4.79 Å². The van der Waals surface area contributed by atoms with Gasteiger partial charge in [0.25, 0.3) is 5.91 Å². The van der Waals surface area contributed by atoms with Crippen molar-refractivity contribution in [3.63, 3.8) is 0 Å². The van der Waals surface area contributed by atoms with Gasteiger partial charge in [0.1, 0.15) is 6.04 Å². The molecule has 20 heavy (non-hydrogen) atoms. The molecule has 1 unspecified atom stereocenters. The first kappa shape index (κ1) is 13.3. The normalized spacial score (nSPS) is 21.6. The minimum Gasteiger partial charge on any atom is -0.312 e. The standard InChI is InChI=1S/C14H13BrN2O3/c15-10-5-3-9(4-6-10)12(18)8-17-13(19)11-2-1-7-16(11)14(17)20/h3-6,11H,1-2,7-8H2. The lowest BCUT2D eigenvalue weighted by Crippen LogP contribution is -2.37. The average Bonchev–Trinajstić information content (AvgIpc) is 2.99. The molecule has 1 aromatic rings. The van der Waals surface area contributed by atoms with Gasteiger partial charge in [0.15, 0.2) is 5.78 Å². The number of fused-ring (bicyclic) bond motifs is 1. The first-order valence-corrected chi connectivity index (χ1v) is 7.28. The van der Waals surface area contributed by atoms with E-state index < -0.39 is 0 Å². The molecule has 1 atom stereocenters. The molecule has 2 aliphatic rings. The summed E-state index contributed by atoms with van der Waals surface area (Å²) in [6, 6.07) is 6.21. The summed E-state index contributed by atoms with van der Waals surface area (Å²) < 4.78 is 0.878. The van der Waals surface area contributed by atoms with E-state index in [1.54, 1.807) is 29.2 Å². The number of carbonyl (C=O) groups is 3. The van der Waals surface area contributed by atoms with E-state index in [1.807, 2.05) is 0 Å². The molecule has 2 heterocycles. The van der Waals surface area contributed by atoms with Crippen molar-refractivity contribution >= 4 is 33.7 Å². The monoisotopic (exact) mass is 336 g/mol. The molecular formula is C14H13BrN2O3. The number of ketones is 1. The molecule has 3 rings (SSSR count). The summed E-state index contributed by atoms with van der Waals surface area (Å²) in [6.07, 6.45) is 1.56. The predicted octanol–water partition coefficient (Wildman–Crippen LogP) is 2.06. The fourth-order valence-corrected chi connectivity index (χ4v) is 2.96. The van der Waals surface area contributed by atoms with Crippen LogP contribution in [-0.4, -0.2) is 46.7 Å². The van der Waals surface area contributed by atoms with Gasteiger partial charge >= 0.3 is 6.03 Å². The van der Waals surface area contributed by atoms with Crippen LogP contribution in [0.5, 0.6) is 0 Å². The number of Topliss-reactive ketones (excluding diaryl/α,β-unsaturated/α-hetero) is 1. The molecule has 0 spiro atoms. The number of amides is 3. The first-order chi connectivity index (χ1) is 9.58. The van der Waals surface area contributed by atoms with Crippen LogP contribution in [-0.2, 0) is 4.79 Å². The third-order valence-corrected chi connectivity index (χ3v) is 4.28. The summed E-state index contributed by atoms with van der Waals surface area (Å²) in [6.45, 7) is 0.435. The lowest BCUT2D eigenvalue weighted by atomic mass is 10.1. The van der Waals surface area contributed by atoms with Crippen LogP contribution in [0.3, 0.4) is 0 Å². The topological polar surface area (TPSA) is 57.7 Å². The quantitative estimate of drug-likeness (QED) is 0.627. The molecule has 0 aromatic heterocycles. The maximum absolute atomic E-state index is 12.1. The Hall–Kier alpha value is -1.69. The van der Waals surface area contributed by atoms with Crippen molar-refractivity contribution in [3.05, 3.63) is 34.3 Å².